The van der Waals surface area contributed by atoms with Gasteiger partial charge in [-0.15, -0.1) is 0 Å². The van der Waals surface area contributed by atoms with Crippen molar-refractivity contribution in [2.24, 2.45) is 4.99 Å². The zero-order chi connectivity index (χ0) is 17.8. The Morgan fingerprint density at radius 3 is 2.81 bits per heavy atom. The summed E-state index contributed by atoms with van der Waals surface area (Å²) >= 11 is 0. The Bertz CT molecular complexity index is 605. The van der Waals surface area contributed by atoms with Gasteiger partial charge in [0.05, 0.1) is 31.0 Å². The maximum Gasteiger partial charge on any atom is 0.194 e. The maximum atomic E-state index is 5.94. The first-order valence-corrected chi connectivity index (χ1v) is 10.1. The lowest BCUT2D eigenvalue weighted by Crippen LogP contribution is -2.53. The van der Waals surface area contributed by atoms with Crippen molar-refractivity contribution in [3.63, 3.8) is 0 Å². The van der Waals surface area contributed by atoms with Crippen LogP contribution < -0.4 is 5.32 Å². The number of nitrogens with one attached hydrogen (secondary N) is 1. The first kappa shape index (κ1) is 17.8. The summed E-state index contributed by atoms with van der Waals surface area (Å²) in [5.41, 5.74) is 1.07. The predicted octanol–water partition coefficient (Wildman–Crippen LogP) is 1.95. The summed E-state index contributed by atoms with van der Waals surface area (Å²) in [6.07, 6.45) is 9.91. The fourth-order valence-electron chi connectivity index (χ4n) is 4.33. The Labute approximate surface area is 155 Å². The van der Waals surface area contributed by atoms with E-state index in [2.05, 4.69) is 32.2 Å². The average Bonchev–Trinajstić information content (AvgIpc) is 3.43. The lowest BCUT2D eigenvalue weighted by Gasteiger charge is -2.37. The van der Waals surface area contributed by atoms with Crippen LogP contribution in [0, 0.1) is 0 Å². The third-order valence-corrected chi connectivity index (χ3v) is 5.77. The molecule has 7 heteroatoms. The van der Waals surface area contributed by atoms with Gasteiger partial charge >= 0.3 is 0 Å². The van der Waals surface area contributed by atoms with Crippen LogP contribution in [-0.2, 0) is 16.0 Å². The highest BCUT2D eigenvalue weighted by Crippen LogP contribution is 2.28. The first-order valence-electron chi connectivity index (χ1n) is 10.1. The zero-order valence-electron chi connectivity index (χ0n) is 15.8. The van der Waals surface area contributed by atoms with Crippen molar-refractivity contribution in [2.75, 3.05) is 33.4 Å². The van der Waals surface area contributed by atoms with Crippen LogP contribution in [0.1, 0.15) is 50.3 Å². The molecule has 144 valence electrons. The van der Waals surface area contributed by atoms with Crippen LogP contribution in [0.5, 0.6) is 0 Å². The second-order valence-electron chi connectivity index (χ2n) is 7.53. The molecule has 0 radical (unpaired) electrons. The molecule has 1 saturated carbocycles. The van der Waals surface area contributed by atoms with Crippen molar-refractivity contribution in [1.29, 1.82) is 0 Å². The van der Waals surface area contributed by atoms with Crippen molar-refractivity contribution in [2.45, 2.75) is 63.3 Å². The molecule has 7 nitrogen and oxygen atoms in total. The summed E-state index contributed by atoms with van der Waals surface area (Å²) in [5.74, 6) is 0.923. The lowest BCUT2D eigenvalue weighted by molar-refractivity contribution is -0.0817. The van der Waals surface area contributed by atoms with Gasteiger partial charge in [0, 0.05) is 32.9 Å². The van der Waals surface area contributed by atoms with Gasteiger partial charge in [0.15, 0.2) is 5.96 Å². The predicted molar refractivity (Wildman–Crippen MR) is 100 cm³/mol. The summed E-state index contributed by atoms with van der Waals surface area (Å²) < 4.78 is 13.9. The Hall–Kier alpha value is -1.60. The van der Waals surface area contributed by atoms with Gasteiger partial charge in [0.2, 0.25) is 0 Å². The molecular weight excluding hydrogens is 330 g/mol. The Morgan fingerprint density at radius 1 is 1.19 bits per heavy atom. The minimum Gasteiger partial charge on any atom is -0.375 e. The van der Waals surface area contributed by atoms with Crippen molar-refractivity contribution in [3.05, 3.63) is 18.0 Å². The number of ether oxygens (including phenoxy) is 2. The van der Waals surface area contributed by atoms with Crippen LogP contribution >= 0.6 is 0 Å². The molecule has 3 aliphatic rings. The topological polar surface area (TPSA) is 63.9 Å². The summed E-state index contributed by atoms with van der Waals surface area (Å²) in [6, 6.07) is 2.71. The van der Waals surface area contributed by atoms with Crippen LogP contribution in [0.3, 0.4) is 0 Å². The monoisotopic (exact) mass is 361 g/mol. The number of hydrogen-bond donors (Lipinski definition) is 1. The fourth-order valence-corrected chi connectivity index (χ4v) is 4.33. The molecule has 1 aromatic heterocycles. The van der Waals surface area contributed by atoms with E-state index >= 15 is 0 Å². The van der Waals surface area contributed by atoms with E-state index in [0.717, 1.165) is 50.8 Å². The quantitative estimate of drug-likeness (QED) is 0.656. The van der Waals surface area contributed by atoms with E-state index in [9.17, 15) is 0 Å². The molecule has 1 N–H and O–H groups in total. The molecule has 2 saturated heterocycles. The van der Waals surface area contributed by atoms with Gasteiger partial charge in [-0.2, -0.15) is 5.10 Å². The van der Waals surface area contributed by atoms with Crippen molar-refractivity contribution >= 4 is 5.96 Å². The summed E-state index contributed by atoms with van der Waals surface area (Å²) in [5, 5.41) is 8.23. The summed E-state index contributed by atoms with van der Waals surface area (Å²) in [6.45, 7) is 3.98. The summed E-state index contributed by atoms with van der Waals surface area (Å²) in [7, 11) is 1.84. The van der Waals surface area contributed by atoms with Crippen molar-refractivity contribution in [3.8, 4) is 0 Å². The van der Waals surface area contributed by atoms with Gasteiger partial charge in [-0.3, -0.25) is 9.67 Å². The van der Waals surface area contributed by atoms with Crippen molar-refractivity contribution < 1.29 is 9.47 Å². The van der Waals surface area contributed by atoms with Crippen molar-refractivity contribution in [1.82, 2.24) is 20.0 Å². The average molecular weight is 361 g/mol. The highest BCUT2D eigenvalue weighted by atomic mass is 16.5. The van der Waals surface area contributed by atoms with E-state index in [0.29, 0.717) is 12.6 Å². The number of aromatic nitrogens is 2. The first-order chi connectivity index (χ1) is 12.8. The SMILES string of the molecule is CN=C(NCc1ccn(C2CCCC2)n1)N1CCOC(C2CCCO2)C1. The van der Waals surface area contributed by atoms with Crippen LogP contribution in [0.2, 0.25) is 0 Å². The highest BCUT2D eigenvalue weighted by Gasteiger charge is 2.32. The minimum absolute atomic E-state index is 0.145. The molecule has 3 heterocycles. The number of aliphatic imine (C=N–C) groups is 1. The number of rotatable bonds is 4. The van der Waals surface area contributed by atoms with E-state index in [1.807, 2.05) is 7.05 Å². The Morgan fingerprint density at radius 2 is 2.04 bits per heavy atom. The van der Waals surface area contributed by atoms with Gasteiger partial charge in [-0.1, -0.05) is 12.8 Å². The molecule has 2 atom stereocenters. The largest absolute Gasteiger partial charge is 0.375 e. The third kappa shape index (κ3) is 4.04. The number of hydrogen-bond acceptors (Lipinski definition) is 4. The Balaban J connectivity index is 1.31. The smallest absolute Gasteiger partial charge is 0.194 e. The second-order valence-corrected chi connectivity index (χ2v) is 7.53. The molecule has 1 aromatic rings. The van der Waals surface area contributed by atoms with Gasteiger partial charge in [-0.25, -0.2) is 0 Å². The van der Waals surface area contributed by atoms with Gasteiger partial charge in [-0.05, 0) is 31.7 Å². The van der Waals surface area contributed by atoms with Crippen LogP contribution in [0.25, 0.3) is 0 Å². The van der Waals surface area contributed by atoms with Gasteiger partial charge in [0.1, 0.15) is 6.10 Å². The number of guanidine groups is 1. The second kappa shape index (κ2) is 8.39. The summed E-state index contributed by atoms with van der Waals surface area (Å²) in [4.78, 5) is 6.75. The molecule has 0 amide bonds. The molecule has 1 aliphatic carbocycles. The molecule has 0 spiro atoms. The molecule has 2 aliphatic heterocycles. The molecule has 2 unspecified atom stereocenters. The lowest BCUT2D eigenvalue weighted by atomic mass is 10.1. The molecular formula is C19H31N5O2. The molecule has 26 heavy (non-hydrogen) atoms. The van der Waals surface area contributed by atoms with E-state index in [-0.39, 0.29) is 12.2 Å². The van der Waals surface area contributed by atoms with Crippen LogP contribution in [-0.4, -0.2) is 66.2 Å². The maximum absolute atomic E-state index is 5.94. The third-order valence-electron chi connectivity index (χ3n) is 5.77. The van der Waals surface area contributed by atoms with Gasteiger partial charge in [0.25, 0.3) is 0 Å². The van der Waals surface area contributed by atoms with Gasteiger partial charge < -0.3 is 19.7 Å². The van der Waals surface area contributed by atoms with Crippen LogP contribution in [0.15, 0.2) is 17.3 Å². The number of nitrogens with zero attached hydrogens (tertiary/aromatic N) is 4. The van der Waals surface area contributed by atoms with E-state index in [4.69, 9.17) is 14.6 Å². The molecule has 0 bridgehead atoms. The van der Waals surface area contributed by atoms with E-state index < -0.39 is 0 Å². The minimum atomic E-state index is 0.145. The van der Waals surface area contributed by atoms with E-state index in [1.165, 1.54) is 25.7 Å². The number of morpholine rings is 1. The van der Waals surface area contributed by atoms with Crippen LogP contribution in [0.4, 0.5) is 0 Å². The van der Waals surface area contributed by atoms with E-state index in [1.54, 1.807) is 0 Å². The molecule has 3 fully saturated rings. The standard InChI is InChI=1S/C19H31N5O2/c1-20-19(23-10-12-26-18(14-23)17-7-4-11-25-17)21-13-15-8-9-24(22-15)16-5-2-3-6-16/h8-9,16-18H,2-7,10-14H2,1H3,(H,20,21). The fraction of sp³-hybridized carbons (Fsp3) is 0.789. The highest BCUT2D eigenvalue weighted by molar-refractivity contribution is 5.80. The Kier molecular flexibility index (Phi) is 5.75. The molecule has 4 rings (SSSR count). The zero-order valence-corrected chi connectivity index (χ0v) is 15.8. The molecule has 0 aromatic carbocycles. The normalized spacial score (nSPS) is 28.0.